The zero-order valence-corrected chi connectivity index (χ0v) is 10.3. The lowest BCUT2D eigenvalue weighted by Crippen LogP contribution is -2.33. The molecule has 1 aliphatic heterocycles. The molecule has 1 heterocycles. The van der Waals surface area contributed by atoms with Crippen LogP contribution in [-0.4, -0.2) is 17.7 Å². The Morgan fingerprint density at radius 1 is 1.35 bits per heavy atom. The van der Waals surface area contributed by atoms with Crippen LogP contribution in [0.5, 0.6) is 0 Å². The van der Waals surface area contributed by atoms with Gasteiger partial charge in [-0.15, -0.1) is 0 Å². The van der Waals surface area contributed by atoms with Crippen LogP contribution >= 0.6 is 0 Å². The topological polar surface area (TPSA) is 23.5 Å². The van der Waals surface area contributed by atoms with Crippen molar-refractivity contribution in [1.29, 1.82) is 0 Å². The number of hydrogen-bond acceptors (Lipinski definition) is 2. The van der Waals surface area contributed by atoms with Crippen LogP contribution < -0.4 is 4.90 Å². The molecule has 0 saturated carbocycles. The highest BCUT2D eigenvalue weighted by atomic mass is 19.1. The minimum atomic E-state index is -0.278. The van der Waals surface area contributed by atoms with Gasteiger partial charge < -0.3 is 10.0 Å². The van der Waals surface area contributed by atoms with Crippen LogP contribution in [0.4, 0.5) is 10.1 Å². The van der Waals surface area contributed by atoms with E-state index >= 15 is 0 Å². The van der Waals surface area contributed by atoms with Gasteiger partial charge in [-0.3, -0.25) is 0 Å². The Hall–Kier alpha value is -1.09. The number of halogens is 1. The summed E-state index contributed by atoms with van der Waals surface area (Å²) in [7, 11) is 0. The van der Waals surface area contributed by atoms with Crippen molar-refractivity contribution in [2.75, 3.05) is 11.4 Å². The van der Waals surface area contributed by atoms with Crippen molar-refractivity contribution in [3.8, 4) is 0 Å². The lowest BCUT2D eigenvalue weighted by atomic mass is 10.1. The Morgan fingerprint density at radius 2 is 2.18 bits per heavy atom. The summed E-state index contributed by atoms with van der Waals surface area (Å²) in [4.78, 5) is 2.30. The van der Waals surface area contributed by atoms with Crippen LogP contribution in [0.2, 0.25) is 0 Å². The summed E-state index contributed by atoms with van der Waals surface area (Å²) in [5.74, 6) is -0.278. The van der Waals surface area contributed by atoms with E-state index in [9.17, 15) is 9.50 Å². The van der Waals surface area contributed by atoms with Crippen LogP contribution in [-0.2, 0) is 6.61 Å². The second-order valence-corrected chi connectivity index (χ2v) is 4.82. The van der Waals surface area contributed by atoms with Crippen LogP contribution in [0.3, 0.4) is 0 Å². The summed E-state index contributed by atoms with van der Waals surface area (Å²) in [6, 6.07) is 5.18. The largest absolute Gasteiger partial charge is 0.392 e. The average molecular weight is 237 g/mol. The highest BCUT2D eigenvalue weighted by molar-refractivity contribution is 5.54. The second-order valence-electron chi connectivity index (χ2n) is 4.82. The van der Waals surface area contributed by atoms with Gasteiger partial charge in [0, 0.05) is 23.8 Å². The van der Waals surface area contributed by atoms with Gasteiger partial charge in [0.1, 0.15) is 5.82 Å². The van der Waals surface area contributed by atoms with Crippen LogP contribution in [0.25, 0.3) is 0 Å². The molecule has 3 heteroatoms. The van der Waals surface area contributed by atoms with Gasteiger partial charge in [0.2, 0.25) is 0 Å². The Balaban J connectivity index is 2.30. The summed E-state index contributed by atoms with van der Waals surface area (Å²) in [6.45, 7) is 3.10. The van der Waals surface area contributed by atoms with E-state index in [1.165, 1.54) is 37.8 Å². The molecule has 2 nitrogen and oxygen atoms in total. The Morgan fingerprint density at radius 3 is 2.94 bits per heavy atom. The molecule has 94 valence electrons. The van der Waals surface area contributed by atoms with Gasteiger partial charge in [-0.2, -0.15) is 0 Å². The second kappa shape index (κ2) is 5.50. The monoisotopic (exact) mass is 237 g/mol. The molecule has 1 aliphatic rings. The molecule has 17 heavy (non-hydrogen) atoms. The fourth-order valence-electron chi connectivity index (χ4n) is 2.59. The third kappa shape index (κ3) is 2.78. The van der Waals surface area contributed by atoms with Gasteiger partial charge in [-0.25, -0.2) is 4.39 Å². The fraction of sp³-hybridized carbons (Fsp3) is 0.571. The predicted octanol–water partition coefficient (Wildman–Crippen LogP) is 3.09. The highest BCUT2D eigenvalue weighted by Crippen LogP contribution is 2.28. The van der Waals surface area contributed by atoms with E-state index in [-0.39, 0.29) is 12.4 Å². The number of nitrogens with zero attached hydrogens (tertiary/aromatic N) is 1. The molecule has 0 aliphatic carbocycles. The molecule has 1 fully saturated rings. The van der Waals surface area contributed by atoms with Gasteiger partial charge in [0.15, 0.2) is 0 Å². The lowest BCUT2D eigenvalue weighted by Gasteiger charge is -2.31. The van der Waals surface area contributed by atoms with Crippen molar-refractivity contribution in [2.45, 2.75) is 45.3 Å². The molecule has 0 bridgehead atoms. The molecule has 1 aromatic rings. The van der Waals surface area contributed by atoms with Crippen molar-refractivity contribution in [3.63, 3.8) is 0 Å². The first-order valence-corrected chi connectivity index (χ1v) is 6.38. The Kier molecular flexibility index (Phi) is 4.00. The summed E-state index contributed by atoms with van der Waals surface area (Å²) in [5, 5.41) is 9.34. The van der Waals surface area contributed by atoms with Gasteiger partial charge in [0.25, 0.3) is 0 Å². The van der Waals surface area contributed by atoms with Gasteiger partial charge in [-0.1, -0.05) is 12.8 Å². The van der Waals surface area contributed by atoms with Crippen LogP contribution in [0.1, 0.15) is 38.2 Å². The zero-order chi connectivity index (χ0) is 12.3. The molecule has 1 atom stereocenters. The first-order valence-electron chi connectivity index (χ1n) is 6.38. The number of hydrogen-bond donors (Lipinski definition) is 1. The number of anilines is 1. The van der Waals surface area contributed by atoms with Gasteiger partial charge >= 0.3 is 0 Å². The summed E-state index contributed by atoms with van der Waals surface area (Å²) in [5.41, 5.74) is 1.68. The highest BCUT2D eigenvalue weighted by Gasteiger charge is 2.19. The maximum atomic E-state index is 13.1. The zero-order valence-electron chi connectivity index (χ0n) is 10.3. The summed E-state index contributed by atoms with van der Waals surface area (Å²) >= 11 is 0. The van der Waals surface area contributed by atoms with E-state index in [1.54, 1.807) is 6.07 Å². The van der Waals surface area contributed by atoms with E-state index in [0.717, 1.165) is 12.2 Å². The quantitative estimate of drug-likeness (QED) is 0.854. The van der Waals surface area contributed by atoms with E-state index in [4.69, 9.17) is 0 Å². The summed E-state index contributed by atoms with van der Waals surface area (Å²) in [6.07, 6.45) is 4.86. The molecule has 1 saturated heterocycles. The third-order valence-electron chi connectivity index (χ3n) is 3.57. The van der Waals surface area contributed by atoms with Crippen LogP contribution in [0, 0.1) is 5.82 Å². The molecule has 1 aromatic carbocycles. The average Bonchev–Trinajstić information content (AvgIpc) is 2.54. The molecule has 2 rings (SSSR count). The van der Waals surface area contributed by atoms with E-state index in [0.29, 0.717) is 11.6 Å². The molecule has 1 unspecified atom stereocenters. The summed E-state index contributed by atoms with van der Waals surface area (Å²) < 4.78 is 13.1. The minimum absolute atomic E-state index is 0.101. The number of aliphatic hydroxyl groups is 1. The molecule has 1 N–H and O–H groups in total. The maximum Gasteiger partial charge on any atom is 0.123 e. The molecular formula is C14H20FNO. The molecular weight excluding hydrogens is 217 g/mol. The van der Waals surface area contributed by atoms with Gasteiger partial charge in [0.05, 0.1) is 6.61 Å². The number of benzene rings is 1. The first kappa shape index (κ1) is 12.4. The Bertz CT molecular complexity index is 380. The minimum Gasteiger partial charge on any atom is -0.392 e. The smallest absolute Gasteiger partial charge is 0.123 e. The SMILES string of the molecule is CC1CCCCCN1c1ccc(F)cc1CO. The van der Waals surface area contributed by atoms with Crippen molar-refractivity contribution in [1.82, 2.24) is 0 Å². The molecule has 0 amide bonds. The fourth-order valence-corrected chi connectivity index (χ4v) is 2.59. The molecule has 0 spiro atoms. The number of rotatable bonds is 2. The van der Waals surface area contributed by atoms with Gasteiger partial charge in [-0.05, 0) is 38.0 Å². The van der Waals surface area contributed by atoms with E-state index < -0.39 is 0 Å². The molecule has 0 radical (unpaired) electrons. The van der Waals surface area contributed by atoms with E-state index in [2.05, 4.69) is 11.8 Å². The normalized spacial score (nSPS) is 21.4. The van der Waals surface area contributed by atoms with Crippen LogP contribution in [0.15, 0.2) is 18.2 Å². The molecule has 0 aromatic heterocycles. The van der Waals surface area contributed by atoms with E-state index in [1.807, 2.05) is 0 Å². The van der Waals surface area contributed by atoms with Crippen molar-refractivity contribution < 1.29 is 9.50 Å². The third-order valence-corrected chi connectivity index (χ3v) is 3.57. The van der Waals surface area contributed by atoms with Crippen molar-refractivity contribution in [3.05, 3.63) is 29.6 Å². The predicted molar refractivity (Wildman–Crippen MR) is 67.6 cm³/mol. The maximum absolute atomic E-state index is 13.1. The van der Waals surface area contributed by atoms with Crippen molar-refractivity contribution in [2.24, 2.45) is 0 Å². The first-order chi connectivity index (χ1) is 8.22. The lowest BCUT2D eigenvalue weighted by molar-refractivity contribution is 0.281. The Labute approximate surface area is 102 Å². The standard InChI is InChI=1S/C14H20FNO/c1-11-5-3-2-4-8-16(11)14-7-6-13(15)9-12(14)10-17/h6-7,9,11,17H,2-5,8,10H2,1H3. The number of aliphatic hydroxyl groups excluding tert-OH is 1. The van der Waals surface area contributed by atoms with Crippen molar-refractivity contribution >= 4 is 5.69 Å².